The summed E-state index contributed by atoms with van der Waals surface area (Å²) < 4.78 is 0.961. The molecule has 0 saturated heterocycles. The number of benzene rings is 1. The van der Waals surface area contributed by atoms with Crippen LogP contribution in [0.5, 0.6) is 0 Å². The van der Waals surface area contributed by atoms with E-state index in [0.717, 1.165) is 21.5 Å². The van der Waals surface area contributed by atoms with E-state index in [9.17, 15) is 4.79 Å². The molecule has 0 amide bonds. The van der Waals surface area contributed by atoms with Crippen molar-refractivity contribution in [3.05, 3.63) is 34.3 Å². The monoisotopic (exact) mass is 304 g/mol. The van der Waals surface area contributed by atoms with E-state index in [1.54, 1.807) is 11.8 Å². The standard InChI is InChI=1S/C11H13BrOS2/c1-14-5-6-15-8-11(13)9-3-2-4-10(12)7-9/h2-4,7H,5-6,8H2,1H3. The van der Waals surface area contributed by atoms with Crippen LogP contribution in [0.25, 0.3) is 0 Å². The van der Waals surface area contributed by atoms with Crippen molar-refractivity contribution in [2.75, 3.05) is 23.5 Å². The molecule has 0 heterocycles. The Kier molecular flexibility index (Phi) is 6.45. The van der Waals surface area contributed by atoms with Gasteiger partial charge >= 0.3 is 0 Å². The lowest BCUT2D eigenvalue weighted by Crippen LogP contribution is -2.03. The van der Waals surface area contributed by atoms with Crippen molar-refractivity contribution in [3.8, 4) is 0 Å². The lowest BCUT2D eigenvalue weighted by Gasteiger charge is -2.01. The molecule has 1 rings (SSSR count). The topological polar surface area (TPSA) is 17.1 Å². The largest absolute Gasteiger partial charge is 0.293 e. The minimum Gasteiger partial charge on any atom is -0.293 e. The fourth-order valence-electron chi connectivity index (χ4n) is 1.05. The van der Waals surface area contributed by atoms with Crippen LogP contribution in [-0.4, -0.2) is 29.3 Å². The van der Waals surface area contributed by atoms with E-state index >= 15 is 0 Å². The molecule has 0 aliphatic rings. The molecule has 0 aromatic heterocycles. The molecule has 1 aromatic carbocycles. The number of hydrogen-bond acceptors (Lipinski definition) is 3. The molecule has 1 aromatic rings. The molecule has 0 saturated carbocycles. The zero-order valence-electron chi connectivity index (χ0n) is 8.53. The highest BCUT2D eigenvalue weighted by Crippen LogP contribution is 2.14. The summed E-state index contributed by atoms with van der Waals surface area (Å²) in [5, 5.41) is 0. The predicted octanol–water partition coefficient (Wildman–Crippen LogP) is 3.73. The molecular weight excluding hydrogens is 292 g/mol. The Morgan fingerprint density at radius 2 is 2.20 bits per heavy atom. The van der Waals surface area contributed by atoms with Crippen LogP contribution in [0.15, 0.2) is 28.7 Å². The van der Waals surface area contributed by atoms with Crippen molar-refractivity contribution in [2.45, 2.75) is 0 Å². The van der Waals surface area contributed by atoms with Gasteiger partial charge in [0.15, 0.2) is 5.78 Å². The second kappa shape index (κ2) is 7.36. The number of Topliss-reactive ketones (excluding diaryl/α,β-unsaturated/α-hetero) is 1. The van der Waals surface area contributed by atoms with Crippen LogP contribution in [0.1, 0.15) is 10.4 Å². The quantitative estimate of drug-likeness (QED) is 0.589. The predicted molar refractivity (Wildman–Crippen MR) is 74.2 cm³/mol. The van der Waals surface area contributed by atoms with E-state index in [-0.39, 0.29) is 5.78 Å². The van der Waals surface area contributed by atoms with E-state index in [1.807, 2.05) is 36.0 Å². The average molecular weight is 305 g/mol. The maximum absolute atomic E-state index is 11.7. The van der Waals surface area contributed by atoms with Crippen LogP contribution < -0.4 is 0 Å². The van der Waals surface area contributed by atoms with Crippen LogP contribution in [0, 0.1) is 0 Å². The third-order valence-corrected chi connectivity index (χ3v) is 4.13. The summed E-state index contributed by atoms with van der Waals surface area (Å²) >= 11 is 6.87. The Morgan fingerprint density at radius 3 is 2.87 bits per heavy atom. The molecule has 0 atom stereocenters. The minimum atomic E-state index is 0.211. The number of halogens is 1. The van der Waals surface area contributed by atoms with E-state index in [2.05, 4.69) is 22.2 Å². The molecule has 0 N–H and O–H groups in total. The Bertz CT molecular complexity index is 328. The van der Waals surface area contributed by atoms with E-state index < -0.39 is 0 Å². The van der Waals surface area contributed by atoms with Gasteiger partial charge in [0, 0.05) is 21.5 Å². The second-order valence-corrected chi connectivity index (χ2v) is 5.99. The lowest BCUT2D eigenvalue weighted by atomic mass is 10.2. The van der Waals surface area contributed by atoms with Gasteiger partial charge in [0.2, 0.25) is 0 Å². The van der Waals surface area contributed by atoms with Crippen LogP contribution in [0.3, 0.4) is 0 Å². The number of ketones is 1. The molecule has 0 fully saturated rings. The molecule has 4 heteroatoms. The molecule has 82 valence electrons. The van der Waals surface area contributed by atoms with Gasteiger partial charge in [0.1, 0.15) is 0 Å². The van der Waals surface area contributed by atoms with Crippen molar-refractivity contribution >= 4 is 45.2 Å². The number of thioether (sulfide) groups is 2. The van der Waals surface area contributed by atoms with Crippen LogP contribution in [0.4, 0.5) is 0 Å². The summed E-state index contributed by atoms with van der Waals surface area (Å²) in [4.78, 5) is 11.7. The highest BCUT2D eigenvalue weighted by molar-refractivity contribution is 9.10. The maximum Gasteiger partial charge on any atom is 0.172 e. The van der Waals surface area contributed by atoms with E-state index in [4.69, 9.17) is 0 Å². The Morgan fingerprint density at radius 1 is 1.40 bits per heavy atom. The molecule has 0 aliphatic heterocycles. The molecule has 0 radical (unpaired) electrons. The first kappa shape index (κ1) is 13.1. The minimum absolute atomic E-state index is 0.211. The molecule has 0 aliphatic carbocycles. The van der Waals surface area contributed by atoms with Crippen molar-refractivity contribution in [1.29, 1.82) is 0 Å². The number of hydrogen-bond donors (Lipinski definition) is 0. The Balaban J connectivity index is 2.40. The van der Waals surface area contributed by atoms with Gasteiger partial charge in [-0.1, -0.05) is 28.1 Å². The maximum atomic E-state index is 11.7. The molecular formula is C11H13BrOS2. The fourth-order valence-corrected chi connectivity index (χ4v) is 3.09. The molecule has 0 bridgehead atoms. The van der Waals surface area contributed by atoms with E-state index in [0.29, 0.717) is 5.75 Å². The smallest absolute Gasteiger partial charge is 0.172 e. The van der Waals surface area contributed by atoms with Crippen molar-refractivity contribution in [1.82, 2.24) is 0 Å². The van der Waals surface area contributed by atoms with Gasteiger partial charge in [-0.25, -0.2) is 0 Å². The molecule has 0 spiro atoms. The van der Waals surface area contributed by atoms with Gasteiger partial charge in [-0.15, -0.1) is 0 Å². The number of rotatable bonds is 6. The third-order valence-electron chi connectivity index (χ3n) is 1.81. The zero-order chi connectivity index (χ0) is 11.1. The van der Waals surface area contributed by atoms with Crippen molar-refractivity contribution in [3.63, 3.8) is 0 Å². The summed E-state index contributed by atoms with van der Waals surface area (Å²) in [6, 6.07) is 7.56. The van der Waals surface area contributed by atoms with Crippen molar-refractivity contribution < 1.29 is 4.79 Å². The fraction of sp³-hybridized carbons (Fsp3) is 0.364. The lowest BCUT2D eigenvalue weighted by molar-refractivity contribution is 0.102. The van der Waals surface area contributed by atoms with Crippen LogP contribution in [0.2, 0.25) is 0 Å². The van der Waals surface area contributed by atoms with Gasteiger partial charge in [0.05, 0.1) is 5.75 Å². The van der Waals surface area contributed by atoms with Crippen molar-refractivity contribution in [2.24, 2.45) is 0 Å². The first-order valence-electron chi connectivity index (χ1n) is 4.59. The van der Waals surface area contributed by atoms with Gasteiger partial charge in [0.25, 0.3) is 0 Å². The second-order valence-electron chi connectivity index (χ2n) is 2.98. The van der Waals surface area contributed by atoms with Crippen LogP contribution in [-0.2, 0) is 0 Å². The van der Waals surface area contributed by atoms with E-state index in [1.165, 1.54) is 0 Å². The third kappa shape index (κ3) is 5.09. The summed E-state index contributed by atoms with van der Waals surface area (Å²) in [5.74, 6) is 2.94. The van der Waals surface area contributed by atoms with Gasteiger partial charge < -0.3 is 0 Å². The summed E-state index contributed by atoms with van der Waals surface area (Å²) in [5.41, 5.74) is 0.793. The van der Waals surface area contributed by atoms with Gasteiger partial charge in [-0.05, 0) is 18.4 Å². The summed E-state index contributed by atoms with van der Waals surface area (Å²) in [6.07, 6.45) is 2.08. The first-order valence-corrected chi connectivity index (χ1v) is 7.93. The van der Waals surface area contributed by atoms with Gasteiger partial charge in [-0.2, -0.15) is 23.5 Å². The Hall–Kier alpha value is 0.0700. The zero-order valence-corrected chi connectivity index (χ0v) is 11.8. The highest BCUT2D eigenvalue weighted by Gasteiger charge is 2.05. The summed E-state index contributed by atoms with van der Waals surface area (Å²) in [7, 11) is 0. The number of carbonyl (C=O) groups is 1. The molecule has 0 unspecified atom stereocenters. The molecule has 15 heavy (non-hydrogen) atoms. The summed E-state index contributed by atoms with van der Waals surface area (Å²) in [6.45, 7) is 0. The average Bonchev–Trinajstić information content (AvgIpc) is 2.24. The molecule has 1 nitrogen and oxygen atoms in total. The van der Waals surface area contributed by atoms with Crippen LogP contribution >= 0.6 is 39.5 Å². The Labute approximate surface area is 108 Å². The normalized spacial score (nSPS) is 10.3. The highest BCUT2D eigenvalue weighted by atomic mass is 79.9. The van der Waals surface area contributed by atoms with Gasteiger partial charge in [-0.3, -0.25) is 4.79 Å². The first-order chi connectivity index (χ1) is 7.24. The SMILES string of the molecule is CSCCSCC(=O)c1cccc(Br)c1. The number of carbonyl (C=O) groups excluding carboxylic acids is 1.